The third kappa shape index (κ3) is 4.21. The van der Waals surface area contributed by atoms with Gasteiger partial charge in [-0.05, 0) is 48.3 Å². The van der Waals surface area contributed by atoms with Crippen molar-refractivity contribution in [1.82, 2.24) is 14.4 Å². The number of hydrogen-bond acceptors (Lipinski definition) is 3. The lowest BCUT2D eigenvalue weighted by atomic mass is 10.1. The zero-order chi connectivity index (χ0) is 21.1. The highest BCUT2D eigenvalue weighted by molar-refractivity contribution is 6.04. The second-order valence-electron chi connectivity index (χ2n) is 7.47. The van der Waals surface area contributed by atoms with Crippen LogP contribution in [0.2, 0.25) is 0 Å². The van der Waals surface area contributed by atoms with Crippen molar-refractivity contribution >= 4 is 28.4 Å². The minimum absolute atomic E-state index is 0.0324. The molecule has 1 aliphatic rings. The number of halogens is 1. The highest BCUT2D eigenvalue weighted by Gasteiger charge is 2.23. The molecule has 0 bridgehead atoms. The van der Waals surface area contributed by atoms with Gasteiger partial charge in [-0.1, -0.05) is 19.1 Å². The number of anilines is 1. The molecule has 0 atom stereocenters. The van der Waals surface area contributed by atoms with Gasteiger partial charge in [0.2, 0.25) is 5.91 Å². The average molecular weight is 408 g/mol. The maximum atomic E-state index is 13.6. The van der Waals surface area contributed by atoms with Crippen molar-refractivity contribution in [1.29, 1.82) is 0 Å². The van der Waals surface area contributed by atoms with Gasteiger partial charge in [0.25, 0.3) is 5.91 Å². The van der Waals surface area contributed by atoms with E-state index in [0.29, 0.717) is 29.9 Å². The molecule has 1 N–H and O–H groups in total. The number of nitrogens with one attached hydrogen (secondary N) is 1. The molecule has 3 aromatic rings. The van der Waals surface area contributed by atoms with Crippen molar-refractivity contribution in [3.63, 3.8) is 0 Å². The molecule has 0 aliphatic carbocycles. The molecule has 1 saturated heterocycles. The summed E-state index contributed by atoms with van der Waals surface area (Å²) in [5.74, 6) is -0.690. The summed E-state index contributed by atoms with van der Waals surface area (Å²) in [6.07, 6.45) is 1.76. The quantitative estimate of drug-likeness (QED) is 0.705. The molecular formula is C23H25FN4O2. The summed E-state index contributed by atoms with van der Waals surface area (Å²) in [7, 11) is 0. The first kappa shape index (κ1) is 20.1. The monoisotopic (exact) mass is 408 g/mol. The van der Waals surface area contributed by atoms with Crippen molar-refractivity contribution in [2.75, 3.05) is 38.0 Å². The predicted octanol–water partition coefficient (Wildman–Crippen LogP) is 3.20. The molecule has 1 aromatic heterocycles. The summed E-state index contributed by atoms with van der Waals surface area (Å²) < 4.78 is 15.3. The van der Waals surface area contributed by atoms with Gasteiger partial charge in [0.05, 0.1) is 16.8 Å². The number of rotatable bonds is 5. The molecule has 156 valence electrons. The van der Waals surface area contributed by atoms with E-state index in [1.54, 1.807) is 41.1 Å². The Bertz CT molecular complexity index is 1070. The van der Waals surface area contributed by atoms with Gasteiger partial charge < -0.3 is 19.7 Å². The number of nitrogens with zero attached hydrogens (tertiary/aromatic N) is 3. The van der Waals surface area contributed by atoms with E-state index in [9.17, 15) is 14.0 Å². The Labute approximate surface area is 174 Å². The Hall–Kier alpha value is -3.19. The van der Waals surface area contributed by atoms with Gasteiger partial charge in [-0.3, -0.25) is 9.59 Å². The Kier molecular flexibility index (Phi) is 5.81. The minimum atomic E-state index is -0.345. The molecule has 1 fully saturated rings. The van der Waals surface area contributed by atoms with Crippen LogP contribution < -0.4 is 5.32 Å². The van der Waals surface area contributed by atoms with Crippen LogP contribution in [0.3, 0.4) is 0 Å². The largest absolute Gasteiger partial charge is 0.338 e. The van der Waals surface area contributed by atoms with E-state index in [4.69, 9.17) is 0 Å². The van der Waals surface area contributed by atoms with Crippen LogP contribution in [0.25, 0.3) is 10.9 Å². The van der Waals surface area contributed by atoms with Gasteiger partial charge in [-0.2, -0.15) is 0 Å². The van der Waals surface area contributed by atoms with Crippen LogP contribution in [0.5, 0.6) is 0 Å². The number of para-hydroxylation sites is 1. The van der Waals surface area contributed by atoms with E-state index < -0.39 is 0 Å². The number of amides is 2. The fourth-order valence-electron chi connectivity index (χ4n) is 3.86. The van der Waals surface area contributed by atoms with Gasteiger partial charge in [-0.25, -0.2) is 4.39 Å². The van der Waals surface area contributed by atoms with E-state index >= 15 is 0 Å². The molecule has 1 aliphatic heterocycles. The molecule has 30 heavy (non-hydrogen) atoms. The summed E-state index contributed by atoms with van der Waals surface area (Å²) in [6, 6.07) is 13.4. The van der Waals surface area contributed by atoms with E-state index in [1.165, 1.54) is 12.1 Å². The number of fused-ring (bicyclic) bond motifs is 1. The zero-order valence-corrected chi connectivity index (χ0v) is 17.0. The molecule has 0 radical (unpaired) electrons. The van der Waals surface area contributed by atoms with Gasteiger partial charge in [0.15, 0.2) is 0 Å². The van der Waals surface area contributed by atoms with Gasteiger partial charge in [0, 0.05) is 32.4 Å². The topological polar surface area (TPSA) is 57.6 Å². The number of carbonyl (C=O) groups is 2. The summed E-state index contributed by atoms with van der Waals surface area (Å²) in [4.78, 5) is 29.9. The van der Waals surface area contributed by atoms with E-state index in [1.807, 2.05) is 11.0 Å². The third-order valence-electron chi connectivity index (χ3n) is 5.59. The smallest absolute Gasteiger partial charge is 0.256 e. The van der Waals surface area contributed by atoms with Crippen molar-refractivity contribution in [3.05, 3.63) is 66.1 Å². The van der Waals surface area contributed by atoms with E-state index in [2.05, 4.69) is 17.1 Å². The van der Waals surface area contributed by atoms with Crippen LogP contribution in [0.4, 0.5) is 10.1 Å². The molecule has 2 heterocycles. The van der Waals surface area contributed by atoms with Gasteiger partial charge in [-0.15, -0.1) is 0 Å². The maximum absolute atomic E-state index is 13.6. The zero-order valence-electron chi connectivity index (χ0n) is 17.0. The lowest BCUT2D eigenvalue weighted by Crippen LogP contribution is -2.48. The molecule has 6 nitrogen and oxygen atoms in total. The highest BCUT2D eigenvalue weighted by atomic mass is 19.1. The van der Waals surface area contributed by atoms with Crippen molar-refractivity contribution in [2.24, 2.45) is 0 Å². The average Bonchev–Trinajstić information content (AvgIpc) is 3.15. The third-order valence-corrected chi connectivity index (χ3v) is 5.59. The normalized spacial score (nSPS) is 14.8. The first-order valence-corrected chi connectivity index (χ1v) is 10.2. The second kappa shape index (κ2) is 8.67. The number of benzene rings is 2. The minimum Gasteiger partial charge on any atom is -0.338 e. The Morgan fingerprint density at radius 1 is 1.03 bits per heavy atom. The van der Waals surface area contributed by atoms with E-state index in [0.717, 1.165) is 25.0 Å². The van der Waals surface area contributed by atoms with Crippen LogP contribution in [0, 0.1) is 5.82 Å². The first-order chi connectivity index (χ1) is 14.5. The number of likely N-dealkylation sites (N-methyl/N-ethyl adjacent to an activating group) is 1. The number of hydrogen-bond donors (Lipinski definition) is 1. The van der Waals surface area contributed by atoms with Crippen LogP contribution in [0.15, 0.2) is 54.7 Å². The van der Waals surface area contributed by atoms with Crippen molar-refractivity contribution in [3.8, 4) is 0 Å². The summed E-state index contributed by atoms with van der Waals surface area (Å²) in [5, 5.41) is 3.72. The molecule has 4 rings (SSSR count). The SMILES string of the molecule is CCN1CCN(C(=O)c2ccccc2NC(=O)Cn2ccc3ccc(F)cc32)CC1. The Balaban J connectivity index is 1.48. The predicted molar refractivity (Wildman–Crippen MR) is 115 cm³/mol. The maximum Gasteiger partial charge on any atom is 0.256 e. The Morgan fingerprint density at radius 3 is 2.57 bits per heavy atom. The summed E-state index contributed by atoms with van der Waals surface area (Å²) in [6.45, 7) is 6.19. The first-order valence-electron chi connectivity index (χ1n) is 10.2. The van der Waals surface area contributed by atoms with E-state index in [-0.39, 0.29) is 24.2 Å². The Morgan fingerprint density at radius 2 is 1.80 bits per heavy atom. The molecule has 7 heteroatoms. The van der Waals surface area contributed by atoms with Crippen molar-refractivity contribution < 1.29 is 14.0 Å². The molecule has 0 spiro atoms. The lowest BCUT2D eigenvalue weighted by Gasteiger charge is -2.34. The fourth-order valence-corrected chi connectivity index (χ4v) is 3.86. The second-order valence-corrected chi connectivity index (χ2v) is 7.47. The molecule has 2 amide bonds. The van der Waals surface area contributed by atoms with Crippen LogP contribution in [-0.4, -0.2) is 58.9 Å². The molecule has 0 saturated carbocycles. The molecule has 2 aromatic carbocycles. The van der Waals surface area contributed by atoms with Crippen LogP contribution in [0.1, 0.15) is 17.3 Å². The van der Waals surface area contributed by atoms with Gasteiger partial charge in [0.1, 0.15) is 12.4 Å². The highest BCUT2D eigenvalue weighted by Crippen LogP contribution is 2.20. The lowest BCUT2D eigenvalue weighted by molar-refractivity contribution is -0.116. The number of aromatic nitrogens is 1. The van der Waals surface area contributed by atoms with Crippen LogP contribution >= 0.6 is 0 Å². The number of piperazine rings is 1. The van der Waals surface area contributed by atoms with Crippen LogP contribution in [-0.2, 0) is 11.3 Å². The molecular weight excluding hydrogens is 383 g/mol. The van der Waals surface area contributed by atoms with Gasteiger partial charge >= 0.3 is 0 Å². The standard InChI is InChI=1S/C23H25FN4O2/c1-2-26-11-13-27(14-12-26)23(30)19-5-3-4-6-20(19)25-22(29)16-28-10-9-17-7-8-18(24)15-21(17)28/h3-10,15H,2,11-14,16H2,1H3,(H,25,29). The summed E-state index contributed by atoms with van der Waals surface area (Å²) in [5.41, 5.74) is 1.63. The number of carbonyl (C=O) groups excluding carboxylic acids is 2. The summed E-state index contributed by atoms with van der Waals surface area (Å²) >= 11 is 0. The molecule has 0 unspecified atom stereocenters. The van der Waals surface area contributed by atoms with Crippen molar-refractivity contribution in [2.45, 2.75) is 13.5 Å². The fraction of sp³-hybridized carbons (Fsp3) is 0.304.